The van der Waals surface area contributed by atoms with Crippen LogP contribution in [0, 0.1) is 5.41 Å². The number of hydrogen-bond acceptors (Lipinski definition) is 3. The molecule has 1 aromatic rings. The first-order chi connectivity index (χ1) is 7.08. The second-order valence-corrected chi connectivity index (χ2v) is 6.12. The van der Waals surface area contributed by atoms with Gasteiger partial charge in [0.15, 0.2) is 0 Å². The molecule has 0 radical (unpaired) electrons. The van der Waals surface area contributed by atoms with Gasteiger partial charge in [0.05, 0.1) is 6.10 Å². The average Bonchev–Trinajstić information content (AvgIpc) is 2.63. The maximum Gasteiger partial charge on any atom is 0.0615 e. The number of nitrogens with zero attached hydrogens (tertiary/aromatic N) is 1. The molecule has 1 unspecified atom stereocenters. The highest BCUT2D eigenvalue weighted by Gasteiger charge is 2.34. The molecule has 84 valence electrons. The molecule has 2 heterocycles. The van der Waals surface area contributed by atoms with Gasteiger partial charge in [-0.05, 0) is 17.9 Å². The molecule has 1 aliphatic rings. The highest BCUT2D eigenvalue weighted by atomic mass is 32.1. The minimum atomic E-state index is -0.142. The Morgan fingerprint density at radius 1 is 1.60 bits per heavy atom. The molecule has 3 heteroatoms. The van der Waals surface area contributed by atoms with E-state index in [1.165, 1.54) is 4.88 Å². The molecule has 1 atom stereocenters. The number of aliphatic hydroxyl groups is 1. The Bertz CT molecular complexity index is 307. The van der Waals surface area contributed by atoms with Crippen molar-refractivity contribution < 1.29 is 5.11 Å². The highest BCUT2D eigenvalue weighted by molar-refractivity contribution is 7.09. The Hall–Kier alpha value is -0.380. The lowest BCUT2D eigenvalue weighted by molar-refractivity contribution is -0.0267. The normalized spacial score (nSPS) is 26.7. The van der Waals surface area contributed by atoms with Gasteiger partial charge in [-0.25, -0.2) is 0 Å². The van der Waals surface area contributed by atoms with E-state index >= 15 is 0 Å². The minimum absolute atomic E-state index is 0.0372. The predicted octanol–water partition coefficient (Wildman–Crippen LogP) is 2.34. The quantitative estimate of drug-likeness (QED) is 0.835. The van der Waals surface area contributed by atoms with Crippen molar-refractivity contribution in [2.75, 3.05) is 13.1 Å². The lowest BCUT2D eigenvalue weighted by Crippen LogP contribution is -2.48. The molecule has 1 N–H and O–H groups in total. The monoisotopic (exact) mass is 225 g/mol. The molecular formula is C12H19NOS. The summed E-state index contributed by atoms with van der Waals surface area (Å²) in [6.07, 6.45) is 0.760. The summed E-state index contributed by atoms with van der Waals surface area (Å²) in [7, 11) is 0. The summed E-state index contributed by atoms with van der Waals surface area (Å²) < 4.78 is 0. The lowest BCUT2D eigenvalue weighted by atomic mass is 9.81. The molecule has 0 spiro atoms. The number of thiophene rings is 1. The molecule has 15 heavy (non-hydrogen) atoms. The van der Waals surface area contributed by atoms with Crippen LogP contribution in [0.5, 0.6) is 0 Å². The molecule has 1 aliphatic heterocycles. The Morgan fingerprint density at radius 2 is 2.40 bits per heavy atom. The number of piperidine rings is 1. The van der Waals surface area contributed by atoms with Crippen LogP contribution in [0.2, 0.25) is 0 Å². The van der Waals surface area contributed by atoms with Gasteiger partial charge in [-0.2, -0.15) is 0 Å². The molecule has 2 nitrogen and oxygen atoms in total. The standard InChI is InChI=1S/C12H19NOS/c1-12(2)9-13(6-5-11(12)14)8-10-4-3-7-15-10/h3-4,7,11,14H,5-6,8-9H2,1-2H3. The van der Waals surface area contributed by atoms with Crippen LogP contribution in [0.15, 0.2) is 17.5 Å². The summed E-state index contributed by atoms with van der Waals surface area (Å²) >= 11 is 1.81. The van der Waals surface area contributed by atoms with E-state index in [-0.39, 0.29) is 11.5 Å². The summed E-state index contributed by atoms with van der Waals surface area (Å²) in [5.74, 6) is 0. The summed E-state index contributed by atoms with van der Waals surface area (Å²) in [6, 6.07) is 4.28. The molecule has 0 aromatic carbocycles. The van der Waals surface area contributed by atoms with E-state index in [1.54, 1.807) is 0 Å². The topological polar surface area (TPSA) is 23.5 Å². The van der Waals surface area contributed by atoms with Gasteiger partial charge < -0.3 is 5.11 Å². The molecule has 1 saturated heterocycles. The number of hydrogen-bond donors (Lipinski definition) is 1. The molecule has 0 amide bonds. The zero-order valence-electron chi connectivity index (χ0n) is 9.44. The third-order valence-electron chi connectivity index (χ3n) is 3.21. The fourth-order valence-electron chi connectivity index (χ4n) is 2.21. The third kappa shape index (κ3) is 2.60. The van der Waals surface area contributed by atoms with Crippen molar-refractivity contribution in [3.8, 4) is 0 Å². The first kappa shape index (κ1) is 11.1. The Labute approximate surface area is 95.5 Å². The van der Waals surface area contributed by atoms with Crippen molar-refractivity contribution in [1.82, 2.24) is 4.90 Å². The molecule has 0 saturated carbocycles. The molecule has 0 aliphatic carbocycles. The van der Waals surface area contributed by atoms with Gasteiger partial charge in [-0.1, -0.05) is 19.9 Å². The second-order valence-electron chi connectivity index (χ2n) is 5.08. The van der Waals surface area contributed by atoms with Gasteiger partial charge in [-0.3, -0.25) is 4.90 Å². The SMILES string of the molecule is CC1(C)CN(Cc2cccs2)CCC1O. The van der Waals surface area contributed by atoms with E-state index in [2.05, 4.69) is 36.3 Å². The first-order valence-corrected chi connectivity index (χ1v) is 6.39. The lowest BCUT2D eigenvalue weighted by Gasteiger charge is -2.41. The fraction of sp³-hybridized carbons (Fsp3) is 0.667. The van der Waals surface area contributed by atoms with Gasteiger partial charge in [0.2, 0.25) is 0 Å². The van der Waals surface area contributed by atoms with Crippen molar-refractivity contribution in [2.45, 2.75) is 32.9 Å². The average molecular weight is 225 g/mol. The van der Waals surface area contributed by atoms with Crippen LogP contribution in [-0.2, 0) is 6.54 Å². The fourth-order valence-corrected chi connectivity index (χ4v) is 2.96. The molecular weight excluding hydrogens is 206 g/mol. The van der Waals surface area contributed by atoms with E-state index in [0.717, 1.165) is 26.1 Å². The van der Waals surface area contributed by atoms with Crippen LogP contribution in [0.25, 0.3) is 0 Å². The van der Waals surface area contributed by atoms with Gasteiger partial charge >= 0.3 is 0 Å². The van der Waals surface area contributed by atoms with E-state index in [4.69, 9.17) is 0 Å². The predicted molar refractivity (Wildman–Crippen MR) is 64.0 cm³/mol. The van der Waals surface area contributed by atoms with Crippen molar-refractivity contribution in [3.05, 3.63) is 22.4 Å². The summed E-state index contributed by atoms with van der Waals surface area (Å²) in [4.78, 5) is 3.86. The van der Waals surface area contributed by atoms with Crippen LogP contribution in [0.1, 0.15) is 25.1 Å². The Kier molecular flexibility index (Phi) is 3.14. The Morgan fingerprint density at radius 3 is 3.00 bits per heavy atom. The van der Waals surface area contributed by atoms with Gasteiger partial charge in [0.1, 0.15) is 0 Å². The maximum absolute atomic E-state index is 9.86. The first-order valence-electron chi connectivity index (χ1n) is 5.51. The van der Waals surface area contributed by atoms with Crippen LogP contribution in [0.4, 0.5) is 0 Å². The van der Waals surface area contributed by atoms with Crippen LogP contribution in [0.3, 0.4) is 0 Å². The van der Waals surface area contributed by atoms with E-state index in [1.807, 2.05) is 11.3 Å². The van der Waals surface area contributed by atoms with Crippen LogP contribution in [-0.4, -0.2) is 29.2 Å². The zero-order valence-corrected chi connectivity index (χ0v) is 10.3. The van der Waals surface area contributed by atoms with Crippen molar-refractivity contribution >= 4 is 11.3 Å². The van der Waals surface area contributed by atoms with E-state index < -0.39 is 0 Å². The molecule has 2 rings (SSSR count). The summed E-state index contributed by atoms with van der Waals surface area (Å²) in [5.41, 5.74) is 0.0372. The molecule has 0 bridgehead atoms. The third-order valence-corrected chi connectivity index (χ3v) is 4.07. The zero-order chi connectivity index (χ0) is 10.9. The minimum Gasteiger partial charge on any atom is -0.392 e. The molecule has 1 fully saturated rings. The van der Waals surface area contributed by atoms with Crippen molar-refractivity contribution in [2.24, 2.45) is 5.41 Å². The molecule has 1 aromatic heterocycles. The van der Waals surface area contributed by atoms with Crippen molar-refractivity contribution in [1.29, 1.82) is 0 Å². The van der Waals surface area contributed by atoms with E-state index in [0.29, 0.717) is 0 Å². The largest absolute Gasteiger partial charge is 0.392 e. The van der Waals surface area contributed by atoms with Gasteiger partial charge in [0, 0.05) is 29.9 Å². The van der Waals surface area contributed by atoms with Gasteiger partial charge in [-0.15, -0.1) is 11.3 Å². The van der Waals surface area contributed by atoms with Crippen molar-refractivity contribution in [3.63, 3.8) is 0 Å². The van der Waals surface area contributed by atoms with Crippen LogP contribution >= 0.6 is 11.3 Å². The number of rotatable bonds is 2. The summed E-state index contributed by atoms with van der Waals surface area (Å²) in [6.45, 7) is 7.35. The summed E-state index contributed by atoms with van der Waals surface area (Å²) in [5, 5.41) is 12.0. The smallest absolute Gasteiger partial charge is 0.0615 e. The maximum atomic E-state index is 9.86. The highest BCUT2D eigenvalue weighted by Crippen LogP contribution is 2.30. The van der Waals surface area contributed by atoms with Crippen LogP contribution < -0.4 is 0 Å². The van der Waals surface area contributed by atoms with Gasteiger partial charge in [0.25, 0.3) is 0 Å². The number of aliphatic hydroxyl groups excluding tert-OH is 1. The van der Waals surface area contributed by atoms with E-state index in [9.17, 15) is 5.11 Å². The second kappa shape index (κ2) is 4.24. The Balaban J connectivity index is 1.95. The number of likely N-dealkylation sites (tertiary alicyclic amines) is 1.